The third kappa shape index (κ3) is 2.76. The van der Waals surface area contributed by atoms with Gasteiger partial charge in [0.25, 0.3) is 0 Å². The maximum Gasteiger partial charge on any atom is 0.163 e. The second kappa shape index (κ2) is 5.59. The Labute approximate surface area is 105 Å². The fourth-order valence-electron chi connectivity index (χ4n) is 2.30. The van der Waals surface area contributed by atoms with Crippen LogP contribution in [0.4, 0.5) is 8.78 Å². The number of aliphatic hydroxyl groups excluding tert-OH is 1. The first-order valence-electron chi connectivity index (χ1n) is 6.11. The average molecular weight is 253 g/mol. The van der Waals surface area contributed by atoms with E-state index in [0.717, 1.165) is 12.5 Å². The van der Waals surface area contributed by atoms with Gasteiger partial charge in [0.05, 0.1) is 0 Å². The first-order valence-corrected chi connectivity index (χ1v) is 6.11. The summed E-state index contributed by atoms with van der Waals surface area (Å²) in [5, 5.41) is 12.2. The zero-order valence-corrected chi connectivity index (χ0v) is 10.2. The lowest BCUT2D eigenvalue weighted by molar-refractivity contribution is 0.245. The first-order chi connectivity index (χ1) is 8.61. The van der Waals surface area contributed by atoms with Gasteiger partial charge in [-0.2, -0.15) is 0 Å². The summed E-state index contributed by atoms with van der Waals surface area (Å²) in [6.07, 6.45) is 4.71. The van der Waals surface area contributed by atoms with E-state index in [2.05, 4.69) is 5.32 Å². The molecular formula is C14H17F2NO. The normalized spacial score (nSPS) is 24.4. The number of halogens is 2. The van der Waals surface area contributed by atoms with Crippen molar-refractivity contribution < 1.29 is 13.9 Å². The Kier molecular flexibility index (Phi) is 4.09. The summed E-state index contributed by atoms with van der Waals surface area (Å²) < 4.78 is 26.7. The second-order valence-electron chi connectivity index (χ2n) is 4.70. The molecule has 2 nitrogen and oxygen atoms in total. The molecular weight excluding hydrogens is 236 g/mol. The summed E-state index contributed by atoms with van der Waals surface area (Å²) in [6, 6.07) is 4.03. The van der Waals surface area contributed by atoms with E-state index < -0.39 is 11.6 Å². The Balaban J connectivity index is 2.02. The Morgan fingerprint density at radius 1 is 1.39 bits per heavy atom. The van der Waals surface area contributed by atoms with E-state index >= 15 is 0 Å². The van der Waals surface area contributed by atoms with Crippen LogP contribution in [0.1, 0.15) is 24.9 Å². The van der Waals surface area contributed by atoms with E-state index in [1.54, 1.807) is 13.0 Å². The third-order valence-electron chi connectivity index (χ3n) is 3.32. The Morgan fingerprint density at radius 3 is 2.83 bits per heavy atom. The molecule has 0 saturated carbocycles. The fourth-order valence-corrected chi connectivity index (χ4v) is 2.30. The standard InChI is InChI=1S/C14H17F2NO/c1-9(12-3-2-4-13(15)14(12)16)17-11-6-5-10(7-11)8-18/h2-6,9-11,17-18H,7-8H2,1H3/t9?,10-,11+/m0/s1. The monoisotopic (exact) mass is 253 g/mol. The number of rotatable bonds is 4. The first kappa shape index (κ1) is 13.2. The van der Waals surface area contributed by atoms with Crippen LogP contribution in [0.5, 0.6) is 0 Å². The molecule has 18 heavy (non-hydrogen) atoms. The van der Waals surface area contributed by atoms with Crippen molar-refractivity contribution in [2.45, 2.75) is 25.4 Å². The molecule has 2 rings (SSSR count). The van der Waals surface area contributed by atoms with Crippen molar-refractivity contribution in [3.05, 3.63) is 47.5 Å². The van der Waals surface area contributed by atoms with E-state index in [-0.39, 0.29) is 24.6 Å². The van der Waals surface area contributed by atoms with Gasteiger partial charge in [-0.15, -0.1) is 0 Å². The fraction of sp³-hybridized carbons (Fsp3) is 0.429. The SMILES string of the molecule is CC(N[C@@H]1C=C[C@H](CO)C1)c1cccc(F)c1F. The quantitative estimate of drug-likeness (QED) is 0.808. The van der Waals surface area contributed by atoms with Crippen LogP contribution in [0.2, 0.25) is 0 Å². The van der Waals surface area contributed by atoms with Gasteiger partial charge in [-0.1, -0.05) is 24.3 Å². The highest BCUT2D eigenvalue weighted by Gasteiger charge is 2.21. The second-order valence-corrected chi connectivity index (χ2v) is 4.70. The van der Waals surface area contributed by atoms with Gasteiger partial charge in [0.15, 0.2) is 11.6 Å². The van der Waals surface area contributed by atoms with Gasteiger partial charge in [-0.25, -0.2) is 8.78 Å². The van der Waals surface area contributed by atoms with Crippen LogP contribution in [-0.4, -0.2) is 17.8 Å². The van der Waals surface area contributed by atoms with Crippen LogP contribution >= 0.6 is 0 Å². The van der Waals surface area contributed by atoms with Gasteiger partial charge in [-0.05, 0) is 19.4 Å². The van der Waals surface area contributed by atoms with Crippen LogP contribution in [0.15, 0.2) is 30.4 Å². The molecule has 0 aromatic heterocycles. The maximum absolute atomic E-state index is 13.6. The van der Waals surface area contributed by atoms with Crippen LogP contribution in [0.25, 0.3) is 0 Å². The molecule has 0 fully saturated rings. The van der Waals surface area contributed by atoms with E-state index in [1.807, 2.05) is 12.2 Å². The molecule has 0 bridgehead atoms. The minimum Gasteiger partial charge on any atom is -0.396 e. The molecule has 1 aliphatic carbocycles. The minimum atomic E-state index is -0.823. The smallest absolute Gasteiger partial charge is 0.163 e. The number of nitrogens with one attached hydrogen (secondary N) is 1. The summed E-state index contributed by atoms with van der Waals surface area (Å²) in [5.74, 6) is -1.46. The molecule has 0 amide bonds. The van der Waals surface area contributed by atoms with Crippen molar-refractivity contribution in [3.63, 3.8) is 0 Å². The molecule has 0 spiro atoms. The molecule has 0 radical (unpaired) electrons. The summed E-state index contributed by atoms with van der Waals surface area (Å²) in [4.78, 5) is 0. The van der Waals surface area contributed by atoms with Gasteiger partial charge >= 0.3 is 0 Å². The molecule has 0 heterocycles. The van der Waals surface area contributed by atoms with Crippen molar-refractivity contribution in [1.82, 2.24) is 5.32 Å². The molecule has 4 heteroatoms. The molecule has 0 aliphatic heterocycles. The summed E-state index contributed by atoms with van der Waals surface area (Å²) in [7, 11) is 0. The molecule has 1 aliphatic rings. The maximum atomic E-state index is 13.6. The Hall–Kier alpha value is -1.26. The van der Waals surface area contributed by atoms with Gasteiger partial charge in [-0.3, -0.25) is 0 Å². The average Bonchev–Trinajstić information content (AvgIpc) is 2.80. The molecule has 1 aromatic rings. The van der Waals surface area contributed by atoms with Gasteiger partial charge in [0, 0.05) is 30.2 Å². The molecule has 0 saturated heterocycles. The van der Waals surface area contributed by atoms with Crippen LogP contribution in [0, 0.1) is 17.6 Å². The lowest BCUT2D eigenvalue weighted by atomic mass is 10.0. The van der Waals surface area contributed by atoms with Gasteiger partial charge in [0.1, 0.15) is 0 Å². The summed E-state index contributed by atoms with van der Waals surface area (Å²) in [6.45, 7) is 1.93. The number of hydrogen-bond acceptors (Lipinski definition) is 2. The van der Waals surface area contributed by atoms with Crippen LogP contribution in [-0.2, 0) is 0 Å². The Morgan fingerprint density at radius 2 is 2.17 bits per heavy atom. The molecule has 3 atom stereocenters. The van der Waals surface area contributed by atoms with Crippen molar-refractivity contribution in [2.75, 3.05) is 6.61 Å². The van der Waals surface area contributed by atoms with Gasteiger partial charge < -0.3 is 10.4 Å². The van der Waals surface area contributed by atoms with E-state index in [4.69, 9.17) is 5.11 Å². The lowest BCUT2D eigenvalue weighted by Gasteiger charge is -2.20. The lowest BCUT2D eigenvalue weighted by Crippen LogP contribution is -2.30. The highest BCUT2D eigenvalue weighted by Crippen LogP contribution is 2.23. The Bertz CT molecular complexity index is 447. The minimum absolute atomic E-state index is 0.0971. The molecule has 2 N–H and O–H groups in total. The zero-order chi connectivity index (χ0) is 13.1. The van der Waals surface area contributed by atoms with Crippen molar-refractivity contribution in [2.24, 2.45) is 5.92 Å². The van der Waals surface area contributed by atoms with Crippen LogP contribution in [0.3, 0.4) is 0 Å². The predicted molar refractivity (Wildman–Crippen MR) is 66.0 cm³/mol. The summed E-state index contributed by atoms with van der Waals surface area (Å²) in [5.41, 5.74) is 0.329. The van der Waals surface area contributed by atoms with Crippen molar-refractivity contribution in [1.29, 1.82) is 0 Å². The number of benzene rings is 1. The highest BCUT2D eigenvalue weighted by atomic mass is 19.2. The van der Waals surface area contributed by atoms with E-state index in [9.17, 15) is 8.78 Å². The van der Waals surface area contributed by atoms with E-state index in [0.29, 0.717) is 5.56 Å². The summed E-state index contributed by atoms with van der Waals surface area (Å²) >= 11 is 0. The number of aliphatic hydroxyl groups is 1. The number of hydrogen-bond donors (Lipinski definition) is 2. The van der Waals surface area contributed by atoms with Crippen molar-refractivity contribution >= 4 is 0 Å². The third-order valence-corrected chi connectivity index (χ3v) is 3.32. The topological polar surface area (TPSA) is 32.3 Å². The largest absolute Gasteiger partial charge is 0.396 e. The highest BCUT2D eigenvalue weighted by molar-refractivity contribution is 5.22. The molecule has 1 aromatic carbocycles. The van der Waals surface area contributed by atoms with Gasteiger partial charge in [0.2, 0.25) is 0 Å². The van der Waals surface area contributed by atoms with Crippen molar-refractivity contribution in [3.8, 4) is 0 Å². The van der Waals surface area contributed by atoms with Crippen LogP contribution < -0.4 is 5.32 Å². The van der Waals surface area contributed by atoms with E-state index in [1.165, 1.54) is 6.07 Å². The predicted octanol–water partition coefficient (Wildman–Crippen LogP) is 2.55. The zero-order valence-electron chi connectivity index (χ0n) is 10.2. The molecule has 1 unspecified atom stereocenters. The molecule has 98 valence electrons.